The van der Waals surface area contributed by atoms with Crippen molar-refractivity contribution >= 4 is 46.4 Å². The lowest BCUT2D eigenvalue weighted by Crippen LogP contribution is -2.07. The maximum atomic E-state index is 12.3. The minimum atomic E-state index is -0.209. The van der Waals surface area contributed by atoms with Crippen LogP contribution in [0.5, 0.6) is 0 Å². The quantitative estimate of drug-likeness (QED) is 0.229. The number of anilines is 2. The first kappa shape index (κ1) is 23.5. The fourth-order valence-electron chi connectivity index (χ4n) is 3.78. The average Bonchev–Trinajstić information content (AvgIpc) is 3.36. The monoisotopic (exact) mass is 484 g/mol. The Morgan fingerprint density at radius 3 is 1.78 bits per heavy atom. The van der Waals surface area contributed by atoms with Crippen molar-refractivity contribution in [2.75, 3.05) is 10.6 Å². The highest BCUT2D eigenvalue weighted by molar-refractivity contribution is 6.03. The maximum Gasteiger partial charge on any atom is 0.248 e. The van der Waals surface area contributed by atoms with Crippen LogP contribution in [0.15, 0.2) is 115 Å². The number of carbonyl (C=O) groups excluding carboxylic acids is 2. The van der Waals surface area contributed by atoms with Crippen LogP contribution in [0, 0.1) is 0 Å². The van der Waals surface area contributed by atoms with Crippen LogP contribution in [0.4, 0.5) is 11.4 Å². The van der Waals surface area contributed by atoms with Crippen molar-refractivity contribution in [2.24, 2.45) is 0 Å². The summed E-state index contributed by atoms with van der Waals surface area (Å²) in [6, 6.07) is 32.3. The van der Waals surface area contributed by atoms with Gasteiger partial charge >= 0.3 is 0 Å². The molecular weight excluding hydrogens is 460 g/mol. The van der Waals surface area contributed by atoms with E-state index in [0.29, 0.717) is 17.2 Å². The molecule has 6 heteroatoms. The summed E-state index contributed by atoms with van der Waals surface area (Å²) in [6.45, 7) is 0. The highest BCUT2D eigenvalue weighted by Gasteiger charge is 2.08. The first-order valence-corrected chi connectivity index (χ1v) is 11.8. The Morgan fingerprint density at radius 1 is 0.649 bits per heavy atom. The zero-order valence-electron chi connectivity index (χ0n) is 19.9. The van der Waals surface area contributed by atoms with Crippen molar-refractivity contribution in [3.05, 3.63) is 126 Å². The number of hydrogen-bond donors (Lipinski definition) is 3. The van der Waals surface area contributed by atoms with Gasteiger partial charge in [-0.25, -0.2) is 4.98 Å². The molecule has 5 rings (SSSR count). The van der Waals surface area contributed by atoms with Crippen LogP contribution in [0.3, 0.4) is 0 Å². The van der Waals surface area contributed by atoms with Gasteiger partial charge in [-0.3, -0.25) is 9.59 Å². The number of amides is 2. The lowest BCUT2D eigenvalue weighted by Gasteiger charge is -2.03. The lowest BCUT2D eigenvalue weighted by molar-refractivity contribution is -0.112. The van der Waals surface area contributed by atoms with Gasteiger partial charge in [-0.2, -0.15) is 0 Å². The molecule has 0 unspecified atom stereocenters. The highest BCUT2D eigenvalue weighted by Crippen LogP contribution is 2.24. The summed E-state index contributed by atoms with van der Waals surface area (Å²) >= 11 is 0. The zero-order chi connectivity index (χ0) is 25.5. The predicted molar refractivity (Wildman–Crippen MR) is 150 cm³/mol. The fraction of sp³-hybridized carbons (Fsp3) is 0. The van der Waals surface area contributed by atoms with Gasteiger partial charge in [-0.05, 0) is 65.7 Å². The van der Waals surface area contributed by atoms with Gasteiger partial charge in [0.15, 0.2) is 0 Å². The molecule has 4 aromatic carbocycles. The Morgan fingerprint density at radius 2 is 1.19 bits per heavy atom. The Balaban J connectivity index is 1.23. The molecule has 0 aliphatic rings. The van der Waals surface area contributed by atoms with Crippen molar-refractivity contribution in [2.45, 2.75) is 0 Å². The van der Waals surface area contributed by atoms with Crippen LogP contribution in [0.25, 0.3) is 34.6 Å². The molecule has 0 fully saturated rings. The topological polar surface area (TPSA) is 86.9 Å². The number of nitrogens with one attached hydrogen (secondary N) is 3. The van der Waals surface area contributed by atoms with Gasteiger partial charge in [0.1, 0.15) is 5.82 Å². The summed E-state index contributed by atoms with van der Waals surface area (Å²) in [7, 11) is 0. The van der Waals surface area contributed by atoms with E-state index in [4.69, 9.17) is 0 Å². The number of aromatic amines is 1. The average molecular weight is 485 g/mol. The minimum absolute atomic E-state index is 0.200. The molecule has 3 N–H and O–H groups in total. The van der Waals surface area contributed by atoms with Gasteiger partial charge in [0.25, 0.3) is 0 Å². The number of nitrogens with zero attached hydrogens (tertiary/aromatic N) is 1. The maximum absolute atomic E-state index is 12.3. The zero-order valence-corrected chi connectivity index (χ0v) is 19.9. The molecule has 0 aliphatic carbocycles. The number of fused-ring (bicyclic) bond motifs is 1. The number of H-pyrrole nitrogens is 1. The molecule has 0 radical (unpaired) electrons. The molecule has 0 saturated carbocycles. The third-order valence-corrected chi connectivity index (χ3v) is 5.63. The van der Waals surface area contributed by atoms with Crippen molar-refractivity contribution in [1.82, 2.24) is 9.97 Å². The molecule has 0 spiro atoms. The largest absolute Gasteiger partial charge is 0.338 e. The SMILES string of the molecule is O=C(/C=C/c1ccccc1)Nc1ccc(-c2nc3ccc(NC(=O)/C=C/c4ccccc4)cc3[nH]2)cc1. The Hall–Kier alpha value is -5.23. The number of imidazole rings is 1. The van der Waals surface area contributed by atoms with Gasteiger partial charge < -0.3 is 15.6 Å². The third-order valence-electron chi connectivity index (χ3n) is 5.63. The fourth-order valence-corrected chi connectivity index (χ4v) is 3.78. The van der Waals surface area contributed by atoms with Crippen LogP contribution in [0.1, 0.15) is 11.1 Å². The van der Waals surface area contributed by atoms with Gasteiger partial charge in [-0.1, -0.05) is 60.7 Å². The molecule has 0 aliphatic heterocycles. The summed E-state index contributed by atoms with van der Waals surface area (Å²) in [6.07, 6.45) is 6.56. The van der Waals surface area contributed by atoms with Crippen LogP contribution < -0.4 is 10.6 Å². The molecule has 1 heterocycles. The van der Waals surface area contributed by atoms with E-state index in [0.717, 1.165) is 27.7 Å². The van der Waals surface area contributed by atoms with E-state index < -0.39 is 0 Å². The highest BCUT2D eigenvalue weighted by atomic mass is 16.2. The molecule has 1 aromatic heterocycles. The summed E-state index contributed by atoms with van der Waals surface area (Å²) in [4.78, 5) is 32.5. The van der Waals surface area contributed by atoms with E-state index in [-0.39, 0.29) is 11.8 Å². The molecule has 0 saturated heterocycles. The van der Waals surface area contributed by atoms with Crippen molar-refractivity contribution in [1.29, 1.82) is 0 Å². The van der Waals surface area contributed by atoms with Crippen molar-refractivity contribution in [3.63, 3.8) is 0 Å². The van der Waals surface area contributed by atoms with Crippen LogP contribution in [-0.4, -0.2) is 21.8 Å². The number of rotatable bonds is 7. The van der Waals surface area contributed by atoms with Gasteiger partial charge in [0, 0.05) is 29.1 Å². The van der Waals surface area contributed by atoms with E-state index in [2.05, 4.69) is 20.6 Å². The molecule has 5 aromatic rings. The summed E-state index contributed by atoms with van der Waals surface area (Å²) in [5, 5.41) is 5.74. The van der Waals surface area contributed by atoms with E-state index in [1.165, 1.54) is 12.2 Å². The molecule has 37 heavy (non-hydrogen) atoms. The molecule has 0 bridgehead atoms. The summed E-state index contributed by atoms with van der Waals surface area (Å²) < 4.78 is 0. The molecule has 6 nitrogen and oxygen atoms in total. The van der Waals surface area contributed by atoms with Crippen molar-refractivity contribution < 1.29 is 9.59 Å². The minimum Gasteiger partial charge on any atom is -0.338 e. The van der Waals surface area contributed by atoms with Gasteiger partial charge in [0.05, 0.1) is 11.0 Å². The smallest absolute Gasteiger partial charge is 0.248 e. The standard InChI is InChI=1S/C31H24N4O2/c36-29(19-11-22-7-3-1-4-8-22)32-25-15-13-24(14-16-25)31-34-27-18-17-26(21-28(27)35-31)33-30(37)20-12-23-9-5-2-6-10-23/h1-21H,(H,32,36)(H,33,37)(H,34,35)/b19-11+,20-12+. The second kappa shape index (κ2) is 11.0. The second-order valence-electron chi connectivity index (χ2n) is 8.36. The predicted octanol–water partition coefficient (Wildman–Crippen LogP) is 6.53. The van der Waals surface area contributed by atoms with Gasteiger partial charge in [-0.15, -0.1) is 0 Å². The number of benzene rings is 4. The molecule has 0 atom stereocenters. The summed E-state index contributed by atoms with van der Waals surface area (Å²) in [5.74, 6) is 0.289. The van der Waals surface area contributed by atoms with Crippen LogP contribution >= 0.6 is 0 Å². The number of carbonyl (C=O) groups is 2. The first-order chi connectivity index (χ1) is 18.1. The number of aromatic nitrogens is 2. The van der Waals surface area contributed by atoms with Crippen molar-refractivity contribution in [3.8, 4) is 11.4 Å². The summed E-state index contributed by atoms with van der Waals surface area (Å²) in [5.41, 5.74) is 5.76. The molecule has 180 valence electrons. The lowest BCUT2D eigenvalue weighted by atomic mass is 10.2. The Kier molecular flexibility index (Phi) is 6.99. The second-order valence-corrected chi connectivity index (χ2v) is 8.36. The molecule has 2 amide bonds. The Labute approximate surface area is 214 Å². The van der Waals surface area contributed by atoms with E-state index in [9.17, 15) is 9.59 Å². The third kappa shape index (κ3) is 6.26. The van der Waals surface area contributed by atoms with Gasteiger partial charge in [0.2, 0.25) is 11.8 Å². The van der Waals surface area contributed by atoms with E-state index in [1.807, 2.05) is 103 Å². The normalized spacial score (nSPS) is 11.2. The Bertz CT molecular complexity index is 1590. The van der Waals surface area contributed by atoms with Crippen LogP contribution in [-0.2, 0) is 9.59 Å². The van der Waals surface area contributed by atoms with E-state index >= 15 is 0 Å². The molecular formula is C31H24N4O2. The number of hydrogen-bond acceptors (Lipinski definition) is 3. The van der Waals surface area contributed by atoms with Crippen LogP contribution in [0.2, 0.25) is 0 Å². The van der Waals surface area contributed by atoms with E-state index in [1.54, 1.807) is 12.2 Å². The first-order valence-electron chi connectivity index (χ1n) is 11.8.